The lowest BCUT2D eigenvalue weighted by Gasteiger charge is -2.12. The van der Waals surface area contributed by atoms with Gasteiger partial charge in [0.15, 0.2) is 0 Å². The van der Waals surface area contributed by atoms with Gasteiger partial charge in [0.05, 0.1) is 0 Å². The fourth-order valence-electron chi connectivity index (χ4n) is 0.352. The van der Waals surface area contributed by atoms with Crippen molar-refractivity contribution in [2.75, 3.05) is 0 Å². The van der Waals surface area contributed by atoms with E-state index >= 15 is 0 Å². The van der Waals surface area contributed by atoms with Crippen LogP contribution in [0.2, 0.25) is 0 Å². The molecule has 0 aromatic carbocycles. The van der Waals surface area contributed by atoms with Crippen molar-refractivity contribution in [2.45, 2.75) is 27.2 Å². The second kappa shape index (κ2) is 2.68. The van der Waals surface area contributed by atoms with Crippen LogP contribution in [0.1, 0.15) is 27.2 Å². The minimum Gasteiger partial charge on any atom is -0.0973 e. The van der Waals surface area contributed by atoms with Gasteiger partial charge in [0.1, 0.15) is 0 Å². The van der Waals surface area contributed by atoms with Crippen LogP contribution in [0.4, 0.5) is 0 Å². The topological polar surface area (TPSA) is 22.3 Å². The Morgan fingerprint density at radius 1 is 1.50 bits per heavy atom. The van der Waals surface area contributed by atoms with Crippen LogP contribution in [0.3, 0.4) is 0 Å². The normalized spacial score (nSPS) is 10.4. The SMILES string of the molecule is CC(C)(C)CC=C=[N]. The monoisotopic (exact) mass is 110 g/mol. The Morgan fingerprint density at radius 2 is 2.00 bits per heavy atom. The minimum atomic E-state index is 0.274. The molecule has 0 unspecified atom stereocenters. The van der Waals surface area contributed by atoms with Gasteiger partial charge in [-0.25, -0.2) is 0 Å². The van der Waals surface area contributed by atoms with Crippen molar-refractivity contribution in [3.63, 3.8) is 0 Å². The van der Waals surface area contributed by atoms with E-state index in [1.54, 1.807) is 6.08 Å². The molecule has 0 heterocycles. The lowest BCUT2D eigenvalue weighted by molar-refractivity contribution is 0.422. The zero-order valence-electron chi connectivity index (χ0n) is 5.73. The molecule has 0 saturated carbocycles. The molecule has 1 nitrogen and oxygen atoms in total. The Labute approximate surface area is 50.9 Å². The van der Waals surface area contributed by atoms with Crippen molar-refractivity contribution in [2.24, 2.45) is 5.41 Å². The van der Waals surface area contributed by atoms with Crippen molar-refractivity contribution in [1.82, 2.24) is 5.41 Å². The molecule has 0 rings (SSSR count). The number of hydrogen-bond donors (Lipinski definition) is 0. The first-order valence-corrected chi connectivity index (χ1v) is 2.77. The maximum absolute atomic E-state index is 8.12. The summed E-state index contributed by atoms with van der Waals surface area (Å²) in [5, 5.41) is 8.12. The standard InChI is InChI=1S/C7H12N/c1-7(2,3)5-4-6-8/h4H,5H2,1-3H3. The molecule has 0 aromatic rings. The molecule has 0 fully saturated rings. The van der Waals surface area contributed by atoms with E-state index in [1.807, 2.05) is 5.87 Å². The summed E-state index contributed by atoms with van der Waals surface area (Å²) in [7, 11) is 0. The fraction of sp³-hybridized carbons (Fsp3) is 0.714. The summed E-state index contributed by atoms with van der Waals surface area (Å²) in [6.07, 6.45) is 2.52. The third-order valence-corrected chi connectivity index (χ3v) is 0.806. The smallest absolute Gasteiger partial charge is 0.00705 e. The largest absolute Gasteiger partial charge is 0.0973 e. The number of hydrogen-bond acceptors (Lipinski definition) is 0. The summed E-state index contributed by atoms with van der Waals surface area (Å²) in [5.74, 6) is 2.00. The average Bonchev–Trinajstić information content (AvgIpc) is 1.59. The molecule has 0 aliphatic heterocycles. The summed E-state index contributed by atoms with van der Waals surface area (Å²) in [5.41, 5.74) is 0.274. The summed E-state index contributed by atoms with van der Waals surface area (Å²) in [4.78, 5) is 0. The molecule has 8 heavy (non-hydrogen) atoms. The van der Waals surface area contributed by atoms with Gasteiger partial charge in [0.2, 0.25) is 0 Å². The average molecular weight is 110 g/mol. The number of allylic oxidation sites excluding steroid dienone is 1. The van der Waals surface area contributed by atoms with E-state index < -0.39 is 0 Å². The van der Waals surface area contributed by atoms with Crippen LogP contribution in [-0.4, -0.2) is 5.87 Å². The highest BCUT2D eigenvalue weighted by atomic mass is 14.3. The second-order valence-electron chi connectivity index (χ2n) is 3.10. The summed E-state index contributed by atoms with van der Waals surface area (Å²) < 4.78 is 0. The maximum atomic E-state index is 8.12. The van der Waals surface area contributed by atoms with E-state index in [0.29, 0.717) is 0 Å². The predicted octanol–water partition coefficient (Wildman–Crippen LogP) is 1.45. The van der Waals surface area contributed by atoms with Crippen molar-refractivity contribution in [3.05, 3.63) is 6.08 Å². The van der Waals surface area contributed by atoms with Crippen LogP contribution in [0, 0.1) is 5.41 Å². The fourth-order valence-corrected chi connectivity index (χ4v) is 0.352. The van der Waals surface area contributed by atoms with Gasteiger partial charge < -0.3 is 0 Å². The Bertz CT molecular complexity index is 102. The van der Waals surface area contributed by atoms with E-state index in [0.717, 1.165) is 6.42 Å². The first kappa shape index (κ1) is 7.45. The Hall–Kier alpha value is -0.550. The minimum absolute atomic E-state index is 0.274. The maximum Gasteiger partial charge on any atom is 0.00705 e. The van der Waals surface area contributed by atoms with Gasteiger partial charge in [0.25, 0.3) is 0 Å². The number of rotatable bonds is 1. The van der Waals surface area contributed by atoms with E-state index in [-0.39, 0.29) is 5.41 Å². The van der Waals surface area contributed by atoms with E-state index in [1.165, 1.54) is 0 Å². The van der Waals surface area contributed by atoms with Gasteiger partial charge in [-0.1, -0.05) is 26.2 Å². The van der Waals surface area contributed by atoms with Gasteiger partial charge in [-0.3, -0.25) is 0 Å². The van der Waals surface area contributed by atoms with Crippen molar-refractivity contribution in [3.8, 4) is 0 Å². The van der Waals surface area contributed by atoms with E-state index in [4.69, 9.17) is 5.41 Å². The molecule has 1 heteroatoms. The first-order valence-electron chi connectivity index (χ1n) is 2.77. The lowest BCUT2D eigenvalue weighted by atomic mass is 9.93. The van der Waals surface area contributed by atoms with Gasteiger partial charge in [-0.05, 0) is 17.9 Å². The Morgan fingerprint density at radius 3 is 2.12 bits per heavy atom. The van der Waals surface area contributed by atoms with Gasteiger partial charge >= 0.3 is 0 Å². The first-order chi connectivity index (χ1) is 3.56. The highest BCUT2D eigenvalue weighted by molar-refractivity contribution is 5.48. The third-order valence-electron chi connectivity index (χ3n) is 0.806. The van der Waals surface area contributed by atoms with Gasteiger partial charge in [0, 0.05) is 5.87 Å². The lowest BCUT2D eigenvalue weighted by Crippen LogP contribution is -2.01. The molecule has 0 aliphatic rings. The molecule has 0 amide bonds. The molecule has 0 aromatic heterocycles. The van der Waals surface area contributed by atoms with Crippen molar-refractivity contribution in [1.29, 1.82) is 0 Å². The molecule has 0 atom stereocenters. The Kier molecular flexibility index (Phi) is 2.50. The highest BCUT2D eigenvalue weighted by Crippen LogP contribution is 2.17. The van der Waals surface area contributed by atoms with Crippen LogP contribution in [0.15, 0.2) is 6.08 Å². The van der Waals surface area contributed by atoms with Crippen LogP contribution >= 0.6 is 0 Å². The van der Waals surface area contributed by atoms with Crippen molar-refractivity contribution < 1.29 is 0 Å². The molecule has 0 bridgehead atoms. The molecule has 0 spiro atoms. The van der Waals surface area contributed by atoms with Crippen molar-refractivity contribution >= 4 is 5.87 Å². The predicted molar refractivity (Wildman–Crippen MR) is 35.8 cm³/mol. The van der Waals surface area contributed by atoms with Crippen LogP contribution in [-0.2, 0) is 0 Å². The highest BCUT2D eigenvalue weighted by Gasteiger charge is 2.05. The molecule has 1 radical (unpaired) electrons. The third kappa shape index (κ3) is 5.45. The quantitative estimate of drug-likeness (QED) is 0.456. The Balaban J connectivity index is 3.55. The van der Waals surface area contributed by atoms with E-state index in [9.17, 15) is 0 Å². The zero-order chi connectivity index (χ0) is 6.62. The number of nitrogens with zero attached hydrogens (tertiary/aromatic N) is 1. The summed E-state index contributed by atoms with van der Waals surface area (Å²) >= 11 is 0. The molecule has 0 saturated heterocycles. The van der Waals surface area contributed by atoms with Gasteiger partial charge in [-0.15, -0.1) is 0 Å². The molecule has 0 aliphatic carbocycles. The molecular weight excluding hydrogens is 98.1 g/mol. The van der Waals surface area contributed by atoms with Crippen LogP contribution < -0.4 is 5.41 Å². The zero-order valence-corrected chi connectivity index (χ0v) is 5.73. The van der Waals surface area contributed by atoms with Crippen LogP contribution in [0.5, 0.6) is 0 Å². The van der Waals surface area contributed by atoms with Crippen LogP contribution in [0.25, 0.3) is 0 Å². The second-order valence-corrected chi connectivity index (χ2v) is 3.10. The van der Waals surface area contributed by atoms with Gasteiger partial charge in [-0.2, -0.15) is 0 Å². The molecule has 0 N–H and O–H groups in total. The molecular formula is C7H12N. The van der Waals surface area contributed by atoms with E-state index in [2.05, 4.69) is 20.8 Å². The molecule has 45 valence electrons. The summed E-state index contributed by atoms with van der Waals surface area (Å²) in [6, 6.07) is 0. The summed E-state index contributed by atoms with van der Waals surface area (Å²) in [6.45, 7) is 6.34.